The predicted octanol–water partition coefficient (Wildman–Crippen LogP) is 4.64. The molecule has 1 aromatic heterocycles. The van der Waals surface area contributed by atoms with Crippen LogP contribution in [0.5, 0.6) is 0 Å². The zero-order chi connectivity index (χ0) is 34.0. The molecule has 0 aliphatic carbocycles. The highest BCUT2D eigenvalue weighted by atomic mass is 79.9. The third kappa shape index (κ3) is 7.95. The standard InChI is InChI=1S/C33H43BrF3N7O3S/c34-27-17-21(16-26(30(27)38)33(35,36)37)15-23(31(46)43-13-11-41(12-14-43)24-1-6-39-7-2-24)18-29(45)42-8-4-25(5-9-42)44-10-3-22-19-48-20-28(22)40-32(44)47/h16-17,19-20,23-25,39H,1-15,18,38H2,(H,40,47)/t23-/m0/s1. The van der Waals surface area contributed by atoms with E-state index in [-0.39, 0.29) is 41.2 Å². The molecule has 15 heteroatoms. The van der Waals surface area contributed by atoms with Gasteiger partial charge in [-0.1, -0.05) is 0 Å². The van der Waals surface area contributed by atoms with Crippen molar-refractivity contribution in [3.8, 4) is 0 Å². The van der Waals surface area contributed by atoms with Crippen molar-refractivity contribution in [3.63, 3.8) is 0 Å². The van der Waals surface area contributed by atoms with Gasteiger partial charge in [-0.25, -0.2) is 4.79 Å². The Labute approximate surface area is 291 Å². The summed E-state index contributed by atoms with van der Waals surface area (Å²) in [6.07, 6.45) is -0.666. The Hall–Kier alpha value is -2.88. The van der Waals surface area contributed by atoms with Crippen LogP contribution in [0.2, 0.25) is 0 Å². The number of benzene rings is 1. The van der Waals surface area contributed by atoms with Crippen molar-refractivity contribution < 1.29 is 27.6 Å². The van der Waals surface area contributed by atoms with E-state index in [2.05, 4.69) is 36.8 Å². The smallest absolute Gasteiger partial charge is 0.397 e. The quantitative estimate of drug-likeness (QED) is 0.356. The number of urea groups is 1. The number of thiophene rings is 1. The molecule has 0 radical (unpaired) electrons. The van der Waals surface area contributed by atoms with Gasteiger partial charge in [-0.15, -0.1) is 11.3 Å². The first kappa shape index (κ1) is 35.0. The number of carbonyl (C=O) groups is 3. The Morgan fingerprint density at radius 3 is 2.35 bits per heavy atom. The molecule has 4 aliphatic rings. The normalized spacial score (nSPS) is 21.1. The predicted molar refractivity (Wildman–Crippen MR) is 183 cm³/mol. The average Bonchev–Trinajstić information content (AvgIpc) is 3.45. The van der Waals surface area contributed by atoms with Gasteiger partial charge in [0.05, 0.1) is 22.9 Å². The van der Waals surface area contributed by atoms with E-state index in [9.17, 15) is 27.6 Å². The first-order valence-electron chi connectivity index (χ1n) is 16.8. The minimum Gasteiger partial charge on any atom is -0.397 e. The number of anilines is 2. The number of piperazine rings is 1. The van der Waals surface area contributed by atoms with E-state index in [1.807, 2.05) is 10.3 Å². The van der Waals surface area contributed by atoms with E-state index < -0.39 is 23.3 Å². The second-order valence-electron chi connectivity index (χ2n) is 13.3. The molecular weight excluding hydrogens is 711 g/mol. The Balaban J connectivity index is 1.12. The van der Waals surface area contributed by atoms with Gasteiger partial charge in [0.15, 0.2) is 0 Å². The van der Waals surface area contributed by atoms with Gasteiger partial charge in [-0.3, -0.25) is 14.5 Å². The largest absolute Gasteiger partial charge is 0.418 e. The van der Waals surface area contributed by atoms with Gasteiger partial charge in [0.1, 0.15) is 0 Å². The second-order valence-corrected chi connectivity index (χ2v) is 14.9. The van der Waals surface area contributed by atoms with Gasteiger partial charge in [0, 0.05) is 74.2 Å². The third-order valence-electron chi connectivity index (χ3n) is 10.3. The van der Waals surface area contributed by atoms with E-state index >= 15 is 0 Å². The number of nitrogen functional groups attached to an aromatic ring is 1. The minimum atomic E-state index is -4.66. The SMILES string of the molecule is Nc1c(Br)cc(C[C@@H](CC(=O)N2CCC(N3CCc4cscc4NC3=O)CC2)C(=O)N2CCN(C3CCNCC3)CC2)cc1C(F)(F)F. The Morgan fingerprint density at radius 1 is 0.958 bits per heavy atom. The molecule has 10 nitrogen and oxygen atoms in total. The van der Waals surface area contributed by atoms with Crippen molar-refractivity contribution in [2.24, 2.45) is 5.92 Å². The summed E-state index contributed by atoms with van der Waals surface area (Å²) in [5, 5.41) is 10.4. The number of hydrogen-bond acceptors (Lipinski definition) is 7. The van der Waals surface area contributed by atoms with Crippen LogP contribution in [0.3, 0.4) is 0 Å². The number of nitrogens with one attached hydrogen (secondary N) is 2. The number of halogens is 4. The number of hydrogen-bond donors (Lipinski definition) is 3. The number of amides is 4. The molecule has 6 rings (SSSR count). The van der Waals surface area contributed by atoms with Gasteiger partial charge in [0.2, 0.25) is 11.8 Å². The lowest BCUT2D eigenvalue weighted by Crippen LogP contribution is -2.55. The van der Waals surface area contributed by atoms with Crippen LogP contribution in [0.4, 0.5) is 29.3 Å². The number of rotatable bonds is 7. The fourth-order valence-corrected chi connectivity index (χ4v) is 8.90. The van der Waals surface area contributed by atoms with E-state index in [1.54, 1.807) is 21.1 Å². The van der Waals surface area contributed by atoms with Crippen LogP contribution in [0.1, 0.15) is 48.8 Å². The van der Waals surface area contributed by atoms with Crippen molar-refractivity contribution in [1.82, 2.24) is 24.9 Å². The molecule has 1 aromatic carbocycles. The van der Waals surface area contributed by atoms with E-state index in [0.717, 1.165) is 62.8 Å². The second kappa shape index (κ2) is 14.9. The van der Waals surface area contributed by atoms with E-state index in [1.165, 1.54) is 6.07 Å². The fourth-order valence-electron chi connectivity index (χ4n) is 7.57. The molecule has 4 amide bonds. The maximum absolute atomic E-state index is 14.1. The summed E-state index contributed by atoms with van der Waals surface area (Å²) >= 11 is 4.73. The van der Waals surface area contributed by atoms with Crippen molar-refractivity contribution in [1.29, 1.82) is 0 Å². The van der Waals surface area contributed by atoms with Crippen LogP contribution >= 0.6 is 27.3 Å². The van der Waals surface area contributed by atoms with Crippen LogP contribution in [0.15, 0.2) is 27.4 Å². The maximum Gasteiger partial charge on any atom is 0.418 e. The highest BCUT2D eigenvalue weighted by Crippen LogP contribution is 2.39. The summed E-state index contributed by atoms with van der Waals surface area (Å²) in [5.74, 6) is -1.24. The number of carbonyl (C=O) groups excluding carboxylic acids is 3. The van der Waals surface area contributed by atoms with E-state index in [0.29, 0.717) is 57.2 Å². The lowest BCUT2D eigenvalue weighted by Gasteiger charge is -2.42. The highest BCUT2D eigenvalue weighted by Gasteiger charge is 2.37. The summed E-state index contributed by atoms with van der Waals surface area (Å²) in [4.78, 5) is 48.6. The minimum absolute atomic E-state index is 0.0108. The number of nitrogens with two attached hydrogens (primary N) is 1. The molecule has 2 aromatic rings. The monoisotopic (exact) mass is 753 g/mol. The molecule has 3 fully saturated rings. The molecule has 0 saturated carbocycles. The number of alkyl halides is 3. The molecule has 48 heavy (non-hydrogen) atoms. The van der Waals surface area contributed by atoms with Crippen molar-refractivity contribution in [2.75, 3.05) is 70.0 Å². The molecule has 262 valence electrons. The zero-order valence-electron chi connectivity index (χ0n) is 26.9. The van der Waals surface area contributed by atoms with Crippen LogP contribution in [-0.4, -0.2) is 108 Å². The molecule has 4 aliphatic heterocycles. The highest BCUT2D eigenvalue weighted by molar-refractivity contribution is 9.10. The van der Waals surface area contributed by atoms with Crippen molar-refractivity contribution >= 4 is 56.5 Å². The van der Waals surface area contributed by atoms with Gasteiger partial charge in [-0.2, -0.15) is 13.2 Å². The summed E-state index contributed by atoms with van der Waals surface area (Å²) in [6, 6.07) is 2.85. The average molecular weight is 755 g/mol. The Bertz CT molecular complexity index is 1490. The van der Waals surface area contributed by atoms with Gasteiger partial charge in [-0.05, 0) is 96.2 Å². The van der Waals surface area contributed by atoms with E-state index in [4.69, 9.17) is 5.73 Å². The number of likely N-dealkylation sites (tertiary alicyclic amines) is 1. The lowest BCUT2D eigenvalue weighted by molar-refractivity contribution is -0.143. The number of nitrogens with zero attached hydrogens (tertiary/aromatic N) is 4. The molecule has 0 bridgehead atoms. The third-order valence-corrected chi connectivity index (χ3v) is 11.8. The molecule has 0 spiro atoms. The fraction of sp³-hybridized carbons (Fsp3) is 0.606. The van der Waals surface area contributed by atoms with Gasteiger partial charge >= 0.3 is 12.2 Å². The van der Waals surface area contributed by atoms with Crippen LogP contribution in [-0.2, 0) is 28.6 Å². The molecule has 1 atom stereocenters. The first-order valence-corrected chi connectivity index (χ1v) is 18.5. The summed E-state index contributed by atoms with van der Waals surface area (Å²) in [5.41, 5.74) is 6.67. The maximum atomic E-state index is 14.1. The van der Waals surface area contributed by atoms with Crippen LogP contribution in [0, 0.1) is 5.92 Å². The van der Waals surface area contributed by atoms with Gasteiger partial charge < -0.3 is 31.1 Å². The summed E-state index contributed by atoms with van der Waals surface area (Å²) in [7, 11) is 0. The summed E-state index contributed by atoms with van der Waals surface area (Å²) in [6.45, 7) is 5.93. The Kier molecular flexibility index (Phi) is 10.9. The topological polar surface area (TPSA) is 114 Å². The molecular formula is C33H43BrF3N7O3S. The van der Waals surface area contributed by atoms with Crippen molar-refractivity contribution in [3.05, 3.63) is 44.1 Å². The number of fused-ring (bicyclic) bond motifs is 1. The summed E-state index contributed by atoms with van der Waals surface area (Å²) < 4.78 is 41.6. The molecule has 5 heterocycles. The van der Waals surface area contributed by atoms with Crippen LogP contribution < -0.4 is 16.4 Å². The van der Waals surface area contributed by atoms with Gasteiger partial charge in [0.25, 0.3) is 0 Å². The van der Waals surface area contributed by atoms with Crippen LogP contribution in [0.25, 0.3) is 0 Å². The number of piperidine rings is 2. The molecule has 0 unspecified atom stereocenters. The van der Waals surface area contributed by atoms with Crippen molar-refractivity contribution in [2.45, 2.75) is 63.2 Å². The molecule has 4 N–H and O–H groups in total. The molecule has 3 saturated heterocycles. The zero-order valence-corrected chi connectivity index (χ0v) is 29.3. The first-order chi connectivity index (χ1) is 23.0. The lowest BCUT2D eigenvalue weighted by atomic mass is 9.91. The Morgan fingerprint density at radius 2 is 1.67 bits per heavy atom.